The van der Waals surface area contributed by atoms with Crippen LogP contribution in [0.1, 0.15) is 12.5 Å². The number of hydrogen-bond donors (Lipinski definition) is 1. The van der Waals surface area contributed by atoms with Crippen molar-refractivity contribution in [2.45, 2.75) is 19.5 Å². The summed E-state index contributed by atoms with van der Waals surface area (Å²) in [5.41, 5.74) is 0.944. The van der Waals surface area contributed by atoms with Crippen molar-refractivity contribution in [3.63, 3.8) is 0 Å². The largest absolute Gasteiger partial charge is 0.336 e. The quantitative estimate of drug-likeness (QED) is 0.839. The van der Waals surface area contributed by atoms with Crippen LogP contribution in [0.5, 0.6) is 0 Å². The second kappa shape index (κ2) is 4.80. The molecule has 0 spiro atoms. The zero-order valence-electron chi connectivity index (χ0n) is 9.11. The van der Waals surface area contributed by atoms with Gasteiger partial charge in [0, 0.05) is 32.0 Å². The second-order valence-corrected chi connectivity index (χ2v) is 4.31. The first-order valence-corrected chi connectivity index (χ1v) is 5.67. The summed E-state index contributed by atoms with van der Waals surface area (Å²) >= 11 is 6.01. The summed E-state index contributed by atoms with van der Waals surface area (Å²) in [5, 5.41) is 3.74. The molecule has 1 N–H and O–H groups in total. The maximum absolute atomic E-state index is 11.8. The van der Waals surface area contributed by atoms with Gasteiger partial charge in [-0.05, 0) is 18.6 Å². The Bertz CT molecular complexity index is 397. The second-order valence-electron chi connectivity index (χ2n) is 3.90. The topological polar surface area (TPSA) is 45.2 Å². The molecule has 16 heavy (non-hydrogen) atoms. The lowest BCUT2D eigenvalue weighted by molar-refractivity contribution is -0.135. The summed E-state index contributed by atoms with van der Waals surface area (Å²) in [4.78, 5) is 17.6. The Balaban J connectivity index is 2.10. The molecule has 1 saturated heterocycles. The Hall–Kier alpha value is -1.13. The fraction of sp³-hybridized carbons (Fsp3) is 0.455. The Morgan fingerprint density at radius 2 is 2.50 bits per heavy atom. The molecule has 0 bridgehead atoms. The first kappa shape index (κ1) is 11.4. The molecule has 86 valence electrons. The number of halogens is 1. The third-order valence-corrected chi connectivity index (χ3v) is 3.07. The molecule has 1 aromatic heterocycles. The molecule has 1 amide bonds. The van der Waals surface area contributed by atoms with Gasteiger partial charge in [0.05, 0.1) is 11.1 Å². The van der Waals surface area contributed by atoms with Crippen molar-refractivity contribution in [1.82, 2.24) is 15.2 Å². The van der Waals surface area contributed by atoms with E-state index in [9.17, 15) is 4.79 Å². The van der Waals surface area contributed by atoms with Crippen LogP contribution in [0.15, 0.2) is 18.5 Å². The SMILES string of the molecule is CC1NCCN(Cc2ccncc2Cl)C1=O. The van der Waals surface area contributed by atoms with Gasteiger partial charge in [0.2, 0.25) is 5.91 Å². The van der Waals surface area contributed by atoms with Gasteiger partial charge in [0.1, 0.15) is 0 Å². The molecule has 1 atom stereocenters. The van der Waals surface area contributed by atoms with Crippen LogP contribution in [0.3, 0.4) is 0 Å². The monoisotopic (exact) mass is 239 g/mol. The Morgan fingerprint density at radius 1 is 1.69 bits per heavy atom. The summed E-state index contributed by atoms with van der Waals surface area (Å²) in [6.45, 7) is 3.99. The molecular weight excluding hydrogens is 226 g/mol. The van der Waals surface area contributed by atoms with Gasteiger partial charge in [-0.3, -0.25) is 9.78 Å². The van der Waals surface area contributed by atoms with Crippen LogP contribution in [0.4, 0.5) is 0 Å². The molecule has 1 fully saturated rings. The molecule has 0 saturated carbocycles. The van der Waals surface area contributed by atoms with Crippen LogP contribution in [0, 0.1) is 0 Å². The van der Waals surface area contributed by atoms with Crippen LogP contribution < -0.4 is 5.32 Å². The predicted molar refractivity (Wildman–Crippen MR) is 62.1 cm³/mol. The van der Waals surface area contributed by atoms with Crippen molar-refractivity contribution in [3.05, 3.63) is 29.0 Å². The van der Waals surface area contributed by atoms with Crippen molar-refractivity contribution in [3.8, 4) is 0 Å². The number of nitrogens with zero attached hydrogens (tertiary/aromatic N) is 2. The van der Waals surface area contributed by atoms with E-state index in [4.69, 9.17) is 11.6 Å². The van der Waals surface area contributed by atoms with Crippen LogP contribution in [-0.4, -0.2) is 34.9 Å². The molecular formula is C11H14ClN3O. The molecule has 1 aromatic rings. The molecule has 0 aromatic carbocycles. The highest BCUT2D eigenvalue weighted by atomic mass is 35.5. The highest BCUT2D eigenvalue weighted by Crippen LogP contribution is 2.16. The number of amides is 1. The molecule has 5 heteroatoms. The zero-order valence-corrected chi connectivity index (χ0v) is 9.87. The van der Waals surface area contributed by atoms with Gasteiger partial charge in [0.15, 0.2) is 0 Å². The molecule has 2 rings (SSSR count). The summed E-state index contributed by atoms with van der Waals surface area (Å²) in [7, 11) is 0. The molecule has 1 aliphatic rings. The third-order valence-electron chi connectivity index (χ3n) is 2.73. The van der Waals surface area contributed by atoms with Gasteiger partial charge >= 0.3 is 0 Å². The van der Waals surface area contributed by atoms with E-state index in [0.29, 0.717) is 11.6 Å². The predicted octanol–water partition coefficient (Wildman–Crippen LogP) is 1.06. The van der Waals surface area contributed by atoms with Gasteiger partial charge in [-0.15, -0.1) is 0 Å². The number of carbonyl (C=O) groups is 1. The first-order chi connectivity index (χ1) is 7.68. The van der Waals surface area contributed by atoms with E-state index in [0.717, 1.165) is 18.7 Å². The van der Waals surface area contributed by atoms with E-state index in [-0.39, 0.29) is 11.9 Å². The van der Waals surface area contributed by atoms with Gasteiger partial charge < -0.3 is 10.2 Å². The molecule has 1 aliphatic heterocycles. The standard InChI is InChI=1S/C11H14ClN3O/c1-8-11(16)15(5-4-14-8)7-9-2-3-13-6-10(9)12/h2-3,6,8,14H,4-5,7H2,1H3. The maximum Gasteiger partial charge on any atom is 0.239 e. The van der Waals surface area contributed by atoms with Crippen molar-refractivity contribution in [2.24, 2.45) is 0 Å². The van der Waals surface area contributed by atoms with Crippen LogP contribution in [-0.2, 0) is 11.3 Å². The van der Waals surface area contributed by atoms with E-state index in [1.54, 1.807) is 12.4 Å². The van der Waals surface area contributed by atoms with Crippen molar-refractivity contribution < 1.29 is 4.79 Å². The number of hydrogen-bond acceptors (Lipinski definition) is 3. The normalized spacial score (nSPS) is 21.2. The van der Waals surface area contributed by atoms with E-state index >= 15 is 0 Å². The lowest BCUT2D eigenvalue weighted by Crippen LogP contribution is -2.53. The summed E-state index contributed by atoms with van der Waals surface area (Å²) < 4.78 is 0. The Labute approximate surface area is 99.6 Å². The fourth-order valence-electron chi connectivity index (χ4n) is 1.78. The highest BCUT2D eigenvalue weighted by molar-refractivity contribution is 6.31. The summed E-state index contributed by atoms with van der Waals surface area (Å²) in [5.74, 6) is 0.124. The number of pyridine rings is 1. The smallest absolute Gasteiger partial charge is 0.239 e. The first-order valence-electron chi connectivity index (χ1n) is 5.29. The maximum atomic E-state index is 11.8. The number of rotatable bonds is 2. The average molecular weight is 240 g/mol. The number of piperazine rings is 1. The van der Waals surface area contributed by atoms with E-state index in [2.05, 4.69) is 10.3 Å². The lowest BCUT2D eigenvalue weighted by Gasteiger charge is -2.31. The van der Waals surface area contributed by atoms with Gasteiger partial charge in [-0.25, -0.2) is 0 Å². The number of carbonyl (C=O) groups excluding carboxylic acids is 1. The van der Waals surface area contributed by atoms with E-state index in [1.807, 2.05) is 17.9 Å². The van der Waals surface area contributed by atoms with Gasteiger partial charge in [0.25, 0.3) is 0 Å². The molecule has 0 radical (unpaired) electrons. The van der Waals surface area contributed by atoms with Gasteiger partial charge in [-0.1, -0.05) is 11.6 Å². The summed E-state index contributed by atoms with van der Waals surface area (Å²) in [6.07, 6.45) is 3.30. The fourth-order valence-corrected chi connectivity index (χ4v) is 1.96. The highest BCUT2D eigenvalue weighted by Gasteiger charge is 2.24. The number of aromatic nitrogens is 1. The molecule has 2 heterocycles. The van der Waals surface area contributed by atoms with Crippen molar-refractivity contribution in [1.29, 1.82) is 0 Å². The van der Waals surface area contributed by atoms with E-state index in [1.165, 1.54) is 0 Å². The lowest BCUT2D eigenvalue weighted by atomic mass is 10.2. The minimum Gasteiger partial charge on any atom is -0.336 e. The van der Waals surface area contributed by atoms with Crippen LogP contribution in [0.2, 0.25) is 5.02 Å². The Kier molecular flexibility index (Phi) is 3.41. The molecule has 1 unspecified atom stereocenters. The van der Waals surface area contributed by atoms with Crippen molar-refractivity contribution in [2.75, 3.05) is 13.1 Å². The summed E-state index contributed by atoms with van der Waals surface area (Å²) in [6, 6.07) is 1.75. The van der Waals surface area contributed by atoms with Crippen LogP contribution >= 0.6 is 11.6 Å². The number of nitrogens with one attached hydrogen (secondary N) is 1. The van der Waals surface area contributed by atoms with Gasteiger partial charge in [-0.2, -0.15) is 0 Å². The molecule has 0 aliphatic carbocycles. The minimum absolute atomic E-state index is 0.102. The van der Waals surface area contributed by atoms with E-state index < -0.39 is 0 Å². The minimum atomic E-state index is -0.102. The third kappa shape index (κ3) is 2.33. The Morgan fingerprint density at radius 3 is 3.25 bits per heavy atom. The van der Waals surface area contributed by atoms with Crippen molar-refractivity contribution >= 4 is 17.5 Å². The average Bonchev–Trinajstić information content (AvgIpc) is 2.28. The zero-order chi connectivity index (χ0) is 11.5. The molecule has 4 nitrogen and oxygen atoms in total. The van der Waals surface area contributed by atoms with Crippen LogP contribution in [0.25, 0.3) is 0 Å².